The second-order valence-electron chi connectivity index (χ2n) is 29.9. The van der Waals surface area contributed by atoms with Crippen LogP contribution in [0.15, 0.2) is 418 Å². The lowest BCUT2D eigenvalue weighted by Crippen LogP contribution is -3.00. The highest BCUT2D eigenvalue weighted by molar-refractivity contribution is 6.21. The van der Waals surface area contributed by atoms with E-state index in [1.807, 2.05) is 143 Å². The fourth-order valence-corrected chi connectivity index (χ4v) is 13.3. The molecule has 3 aliphatic rings. The molecule has 0 unspecified atom stereocenters. The number of nitrogens with zero attached hydrogens (tertiary/aromatic N) is 6. The van der Waals surface area contributed by atoms with E-state index in [-0.39, 0.29) is 24.8 Å². The average Bonchev–Trinajstić information content (AvgIpc) is 0.896. The van der Waals surface area contributed by atoms with Crippen LogP contribution in [0.5, 0.6) is 0 Å². The highest BCUT2D eigenvalue weighted by atomic mass is 35.5. The first kappa shape index (κ1) is 88.7. The maximum Gasteiger partial charge on any atom is 0.0638 e. The van der Waals surface area contributed by atoms with Gasteiger partial charge < -0.3 is 51.4 Å². The van der Waals surface area contributed by atoms with E-state index in [4.69, 9.17) is 4.99 Å². The third-order valence-electron chi connectivity index (χ3n) is 20.4. The van der Waals surface area contributed by atoms with Crippen molar-refractivity contribution in [3.8, 4) is 0 Å². The van der Waals surface area contributed by atoms with Crippen LogP contribution in [0, 0.1) is 27.7 Å². The lowest BCUT2D eigenvalue weighted by molar-refractivity contribution is -0.001000. The normalized spacial score (nSPS) is 12.0. The van der Waals surface area contributed by atoms with Crippen molar-refractivity contribution in [2.75, 3.05) is 54.8 Å². The number of rotatable bonds is 22. The third-order valence-corrected chi connectivity index (χ3v) is 20.4. The SMILES string of the molecule is CN=C1C=CC(=Nc2ccc(N=C3C=CC(=Nc4ccc(C)cc4)C=C3)cc2)C=C1.CNc1ccc(Cc2ccc(N=C3C=CC(=Nc4ccc(C)cc4)C=C3)cc2)cc1.CNc1ccc(Cc2ccc(Nc3ccc(Cc4ccc(C)cc4)cc3)cc2)cc1.CNc1ccc(Cc2ccc(Nc3ccc(Cc4ccc(C)cc4)cc3)cc2)cc1.[Cl-].[Cl-]. The summed E-state index contributed by atoms with van der Waals surface area (Å²) in [5.41, 5.74) is 36.2. The highest BCUT2D eigenvalue weighted by Gasteiger charge is 2.09. The molecule has 13 aromatic carbocycles. The molecule has 0 saturated heterocycles. The number of nitrogens with one attached hydrogen (secondary N) is 5. The van der Waals surface area contributed by atoms with Gasteiger partial charge in [-0.25, -0.2) is 25.0 Å². The van der Waals surface area contributed by atoms with Crippen molar-refractivity contribution in [2.24, 2.45) is 30.0 Å². The van der Waals surface area contributed by atoms with E-state index in [1.165, 1.54) is 77.9 Å². The van der Waals surface area contributed by atoms with Crippen molar-refractivity contribution in [1.29, 1.82) is 0 Å². The van der Waals surface area contributed by atoms with Gasteiger partial charge in [0.2, 0.25) is 0 Å². The van der Waals surface area contributed by atoms with E-state index in [1.54, 1.807) is 7.05 Å². The van der Waals surface area contributed by atoms with E-state index in [2.05, 4.69) is 346 Å². The van der Waals surface area contributed by atoms with Gasteiger partial charge in [-0.3, -0.25) is 4.99 Å². The number of hydrogen-bond acceptors (Lipinski definition) is 11. The van der Waals surface area contributed by atoms with Crippen molar-refractivity contribution in [1.82, 2.24) is 0 Å². The maximum absolute atomic E-state index is 4.72. The molecule has 122 heavy (non-hydrogen) atoms. The quantitative estimate of drug-likeness (QED) is 0.0431. The molecule has 13 aromatic rings. The van der Waals surface area contributed by atoms with Crippen LogP contribution >= 0.6 is 0 Å². The summed E-state index contributed by atoms with van der Waals surface area (Å²) in [5, 5.41) is 16.5. The van der Waals surface area contributed by atoms with Crippen molar-refractivity contribution in [3.05, 3.63) is 466 Å². The lowest BCUT2D eigenvalue weighted by Gasteiger charge is -2.09. The smallest absolute Gasteiger partial charge is 0.0638 e. The topological polar surface area (TPSA) is 134 Å². The third kappa shape index (κ3) is 28.6. The van der Waals surface area contributed by atoms with E-state index in [0.717, 1.165) is 135 Å². The first-order chi connectivity index (χ1) is 58.7. The first-order valence-corrected chi connectivity index (χ1v) is 40.8. The van der Waals surface area contributed by atoms with Gasteiger partial charge in [0, 0.05) is 68.0 Å². The molecule has 0 saturated carbocycles. The van der Waals surface area contributed by atoms with Crippen LogP contribution in [0.1, 0.15) is 77.9 Å². The van der Waals surface area contributed by atoms with Gasteiger partial charge in [0.05, 0.1) is 62.7 Å². The summed E-state index contributed by atoms with van der Waals surface area (Å²) in [6.45, 7) is 8.39. The Labute approximate surface area is 733 Å². The Hall–Kier alpha value is -14.1. The Balaban J connectivity index is 0.000000158. The van der Waals surface area contributed by atoms with Crippen molar-refractivity contribution >= 4 is 103 Å². The van der Waals surface area contributed by atoms with Gasteiger partial charge in [-0.2, -0.15) is 0 Å². The molecule has 610 valence electrons. The number of benzene rings is 13. The van der Waals surface area contributed by atoms with Gasteiger partial charge in [-0.15, -0.1) is 0 Å². The Bertz CT molecular complexity index is 5670. The zero-order valence-corrected chi connectivity index (χ0v) is 71.9. The molecule has 0 aliphatic heterocycles. The number of aryl methyl sites for hydroxylation is 4. The molecular weight excluding hydrogens is 1530 g/mol. The number of anilines is 7. The average molecular weight is 1640 g/mol. The second-order valence-corrected chi connectivity index (χ2v) is 29.9. The Morgan fingerprint density at radius 3 is 0.500 bits per heavy atom. The molecule has 0 amide bonds. The van der Waals surface area contributed by atoms with Gasteiger partial charge >= 0.3 is 0 Å². The van der Waals surface area contributed by atoms with E-state index in [9.17, 15) is 0 Å². The lowest BCUT2D eigenvalue weighted by atomic mass is 10.0. The van der Waals surface area contributed by atoms with E-state index >= 15 is 0 Å². The summed E-state index contributed by atoms with van der Waals surface area (Å²) in [6.07, 6.45) is 28.5. The molecule has 5 N–H and O–H groups in total. The molecular formula is C109H103Cl2N11-2. The Morgan fingerprint density at radius 1 is 0.180 bits per heavy atom. The summed E-state index contributed by atoms with van der Waals surface area (Å²) in [5.74, 6) is 0. The fourth-order valence-electron chi connectivity index (χ4n) is 13.3. The molecule has 0 bridgehead atoms. The zero-order valence-electron chi connectivity index (χ0n) is 70.4. The molecule has 0 spiro atoms. The predicted octanol–water partition coefficient (Wildman–Crippen LogP) is 20.8. The van der Waals surface area contributed by atoms with Gasteiger partial charge in [-0.05, 0) is 334 Å². The van der Waals surface area contributed by atoms with Crippen LogP contribution in [0.4, 0.5) is 68.2 Å². The second kappa shape index (κ2) is 45.7. The predicted molar refractivity (Wildman–Crippen MR) is 516 cm³/mol. The minimum absolute atomic E-state index is 0. The summed E-state index contributed by atoms with van der Waals surface area (Å²) < 4.78 is 0. The maximum atomic E-state index is 4.72. The number of allylic oxidation sites excluding steroid dienone is 12. The van der Waals surface area contributed by atoms with Gasteiger partial charge in [0.1, 0.15) is 0 Å². The van der Waals surface area contributed by atoms with Gasteiger partial charge in [0.25, 0.3) is 0 Å². The minimum atomic E-state index is 0. The van der Waals surface area contributed by atoms with Gasteiger partial charge in [-0.1, -0.05) is 192 Å². The number of aliphatic imine (C=N–C) groups is 6. The van der Waals surface area contributed by atoms with Crippen LogP contribution in [-0.2, 0) is 32.1 Å². The fraction of sp³-hybridized carbons (Fsp3) is 0.119. The molecule has 3 aliphatic carbocycles. The molecule has 0 atom stereocenters. The van der Waals surface area contributed by atoms with Crippen LogP contribution in [0.25, 0.3) is 0 Å². The molecule has 0 aromatic heterocycles. The summed E-state index contributed by atoms with van der Waals surface area (Å²) in [7, 11) is 7.60. The summed E-state index contributed by atoms with van der Waals surface area (Å²) >= 11 is 0. The molecule has 0 fully saturated rings. The van der Waals surface area contributed by atoms with Crippen LogP contribution in [0.2, 0.25) is 0 Å². The standard InChI is InChI=1S/2C28H28N2.C27H25N3.C26H22N4.2ClH/c2*1-21-3-5-22(6-4-21)19-24-9-15-27(16-10-24)30-28-17-11-25(12-18-28)20-23-7-13-26(29-2)14-8-23;1-20-3-9-24(10-4-20)29-26-15-17-27(18-16-26)30-25-13-7-22(8-14-25)19-21-5-11-23(28-2)12-6-21;1-19-3-5-21(6-4-19)28-23-11-13-25(14-12-23)30-26-17-15-24(16-18-26)29-22-9-7-20(27-2)8-10-22;;/h2*3-18,29-30H,19-20H2,1-2H3;3-18,28H,19H2,1-2H3;3-18H,1-2H3;2*1H/p-2. The minimum Gasteiger partial charge on any atom is -1.00 e. The van der Waals surface area contributed by atoms with Crippen LogP contribution < -0.4 is 51.4 Å². The number of halogens is 2. The monoisotopic (exact) mass is 1640 g/mol. The van der Waals surface area contributed by atoms with E-state index in [0.29, 0.717) is 0 Å². The molecule has 0 heterocycles. The van der Waals surface area contributed by atoms with Crippen LogP contribution in [-0.4, -0.2) is 62.5 Å². The Morgan fingerprint density at radius 2 is 0.320 bits per heavy atom. The molecule has 16 rings (SSSR count). The number of hydrogen-bond donors (Lipinski definition) is 5. The molecule has 11 nitrogen and oxygen atoms in total. The zero-order chi connectivity index (χ0) is 83.0. The van der Waals surface area contributed by atoms with Crippen molar-refractivity contribution in [3.63, 3.8) is 0 Å². The molecule has 0 radical (unpaired) electrons. The molecule has 13 heteroatoms. The highest BCUT2D eigenvalue weighted by Crippen LogP contribution is 2.28. The summed E-state index contributed by atoms with van der Waals surface area (Å²) in [6, 6.07) is 111. The van der Waals surface area contributed by atoms with Crippen LogP contribution in [0.3, 0.4) is 0 Å². The summed E-state index contributed by atoms with van der Waals surface area (Å²) in [4.78, 5) is 27.4. The van der Waals surface area contributed by atoms with Crippen molar-refractivity contribution in [2.45, 2.75) is 59.8 Å². The van der Waals surface area contributed by atoms with E-state index < -0.39 is 0 Å². The Kier molecular flexibility index (Phi) is 33.3. The van der Waals surface area contributed by atoms with Gasteiger partial charge in [0.15, 0.2) is 0 Å². The largest absolute Gasteiger partial charge is 1.00 e. The first-order valence-electron chi connectivity index (χ1n) is 40.8. The van der Waals surface area contributed by atoms with Crippen molar-refractivity contribution < 1.29 is 24.8 Å².